The third-order valence-electron chi connectivity index (χ3n) is 3.78. The van der Waals surface area contributed by atoms with Crippen LogP contribution in [0, 0.1) is 5.41 Å². The number of hydrogen-bond donors (Lipinski definition) is 1. The van der Waals surface area contributed by atoms with Crippen molar-refractivity contribution < 1.29 is 5.21 Å². The molecule has 1 N–H and O–H groups in total. The van der Waals surface area contributed by atoms with Crippen LogP contribution in [0.15, 0.2) is 0 Å². The lowest BCUT2D eigenvalue weighted by Gasteiger charge is -2.48. The van der Waals surface area contributed by atoms with Crippen molar-refractivity contribution in [3.8, 4) is 0 Å². The normalized spacial score (nSPS) is 23.8. The number of piperidine rings is 1. The molecule has 0 atom stereocenters. The van der Waals surface area contributed by atoms with E-state index in [4.69, 9.17) is 0 Å². The molecule has 0 amide bonds. The SMILES string of the molecule is CC1(C)CCCC(C)(C)N1O.CCC(C)(C)C. The Labute approximate surface area is 108 Å². The first kappa shape index (κ1) is 16.9. The van der Waals surface area contributed by atoms with Crippen LogP contribution in [-0.2, 0) is 0 Å². The van der Waals surface area contributed by atoms with E-state index in [0.717, 1.165) is 12.8 Å². The van der Waals surface area contributed by atoms with Crippen LogP contribution in [0.3, 0.4) is 0 Å². The van der Waals surface area contributed by atoms with Gasteiger partial charge in [0.2, 0.25) is 0 Å². The van der Waals surface area contributed by atoms with Crippen molar-refractivity contribution in [1.82, 2.24) is 5.06 Å². The first-order valence-corrected chi connectivity index (χ1v) is 6.91. The molecule has 0 spiro atoms. The highest BCUT2D eigenvalue weighted by atomic mass is 16.5. The second kappa shape index (κ2) is 5.71. The molecule has 0 aliphatic carbocycles. The van der Waals surface area contributed by atoms with Crippen molar-refractivity contribution in [2.24, 2.45) is 5.41 Å². The van der Waals surface area contributed by atoms with Crippen molar-refractivity contribution >= 4 is 0 Å². The van der Waals surface area contributed by atoms with E-state index in [2.05, 4.69) is 55.4 Å². The van der Waals surface area contributed by atoms with E-state index in [1.54, 1.807) is 0 Å². The molecule has 17 heavy (non-hydrogen) atoms. The van der Waals surface area contributed by atoms with Gasteiger partial charge in [-0.3, -0.25) is 0 Å². The summed E-state index contributed by atoms with van der Waals surface area (Å²) in [6.07, 6.45) is 4.67. The Morgan fingerprint density at radius 1 is 1.00 bits per heavy atom. The lowest BCUT2D eigenvalue weighted by atomic mass is 9.82. The number of hydrogen-bond acceptors (Lipinski definition) is 2. The Hall–Kier alpha value is -0.0800. The summed E-state index contributed by atoms with van der Waals surface area (Å²) in [5.41, 5.74) is 0.462. The zero-order valence-electron chi connectivity index (χ0n) is 13.2. The van der Waals surface area contributed by atoms with Gasteiger partial charge < -0.3 is 5.21 Å². The highest BCUT2D eigenvalue weighted by Crippen LogP contribution is 2.35. The van der Waals surface area contributed by atoms with E-state index < -0.39 is 0 Å². The zero-order chi connectivity index (χ0) is 13.9. The summed E-state index contributed by atoms with van der Waals surface area (Å²) >= 11 is 0. The van der Waals surface area contributed by atoms with Gasteiger partial charge in [-0.25, -0.2) is 0 Å². The second-order valence-corrected chi connectivity index (χ2v) is 7.70. The Balaban J connectivity index is 0.000000366. The van der Waals surface area contributed by atoms with Crippen molar-refractivity contribution in [2.45, 2.75) is 92.2 Å². The Kier molecular flexibility index (Phi) is 5.68. The summed E-state index contributed by atoms with van der Waals surface area (Å²) in [5.74, 6) is 0. The molecule has 1 fully saturated rings. The summed E-state index contributed by atoms with van der Waals surface area (Å²) < 4.78 is 0. The van der Waals surface area contributed by atoms with E-state index in [-0.39, 0.29) is 11.1 Å². The summed E-state index contributed by atoms with van der Waals surface area (Å²) in [6, 6.07) is 0. The smallest absolute Gasteiger partial charge is 0.0410 e. The third kappa shape index (κ3) is 5.87. The quantitative estimate of drug-likeness (QED) is 0.656. The maximum Gasteiger partial charge on any atom is 0.0410 e. The molecule has 0 bridgehead atoms. The summed E-state index contributed by atoms with van der Waals surface area (Å²) in [6.45, 7) is 17.3. The van der Waals surface area contributed by atoms with Gasteiger partial charge in [-0.15, -0.1) is 0 Å². The van der Waals surface area contributed by atoms with Crippen molar-refractivity contribution in [3.63, 3.8) is 0 Å². The molecule has 1 aliphatic heterocycles. The van der Waals surface area contributed by atoms with Crippen LogP contribution in [-0.4, -0.2) is 21.3 Å². The largest absolute Gasteiger partial charge is 0.313 e. The molecule has 0 aromatic rings. The molecule has 0 radical (unpaired) electrons. The first-order chi connectivity index (χ1) is 7.42. The van der Waals surface area contributed by atoms with E-state index in [0.29, 0.717) is 5.41 Å². The molecule has 1 aliphatic rings. The Morgan fingerprint density at radius 2 is 1.29 bits per heavy atom. The van der Waals surface area contributed by atoms with Crippen molar-refractivity contribution in [2.75, 3.05) is 0 Å². The fourth-order valence-corrected chi connectivity index (χ4v) is 1.98. The van der Waals surface area contributed by atoms with Gasteiger partial charge in [0.25, 0.3) is 0 Å². The first-order valence-electron chi connectivity index (χ1n) is 6.91. The van der Waals surface area contributed by atoms with Crippen molar-refractivity contribution in [3.05, 3.63) is 0 Å². The van der Waals surface area contributed by atoms with Crippen LogP contribution in [0.2, 0.25) is 0 Å². The van der Waals surface area contributed by atoms with E-state index >= 15 is 0 Å². The van der Waals surface area contributed by atoms with Crippen LogP contribution in [0.25, 0.3) is 0 Å². The zero-order valence-corrected chi connectivity index (χ0v) is 13.2. The fraction of sp³-hybridized carbons (Fsp3) is 1.00. The van der Waals surface area contributed by atoms with Gasteiger partial charge in [0.05, 0.1) is 0 Å². The molecule has 1 heterocycles. The van der Waals surface area contributed by atoms with Gasteiger partial charge in [0.15, 0.2) is 0 Å². The maximum atomic E-state index is 9.80. The summed E-state index contributed by atoms with van der Waals surface area (Å²) in [5, 5.41) is 11.3. The minimum atomic E-state index is -0.0399. The van der Waals surface area contributed by atoms with Crippen LogP contribution in [0.5, 0.6) is 0 Å². The highest BCUT2D eigenvalue weighted by molar-refractivity contribution is 4.91. The van der Waals surface area contributed by atoms with Crippen molar-refractivity contribution in [1.29, 1.82) is 0 Å². The molecule has 0 aromatic carbocycles. The molecule has 0 aromatic heterocycles. The monoisotopic (exact) mass is 243 g/mol. The van der Waals surface area contributed by atoms with Gasteiger partial charge in [-0.05, 0) is 52.4 Å². The standard InChI is InChI=1S/C9H19NO.C6H14/c1-8(2)6-5-7-9(3,4)10(8)11;1-5-6(2,3)4/h11H,5-7H2,1-4H3;5H2,1-4H3. The average molecular weight is 243 g/mol. The predicted molar refractivity (Wildman–Crippen MR) is 75.4 cm³/mol. The van der Waals surface area contributed by atoms with Crippen LogP contribution >= 0.6 is 0 Å². The highest BCUT2D eigenvalue weighted by Gasteiger charge is 2.40. The minimum Gasteiger partial charge on any atom is -0.313 e. The maximum absolute atomic E-state index is 9.80. The third-order valence-corrected chi connectivity index (χ3v) is 3.78. The van der Waals surface area contributed by atoms with Gasteiger partial charge in [-0.2, -0.15) is 5.06 Å². The fourth-order valence-electron chi connectivity index (χ4n) is 1.98. The molecule has 1 saturated heterocycles. The Bertz CT molecular complexity index is 210. The van der Waals surface area contributed by atoms with Crippen LogP contribution < -0.4 is 0 Å². The number of hydroxylamine groups is 2. The van der Waals surface area contributed by atoms with Gasteiger partial charge in [0, 0.05) is 11.1 Å². The van der Waals surface area contributed by atoms with E-state index in [1.807, 2.05) is 0 Å². The van der Waals surface area contributed by atoms with Crippen LogP contribution in [0.1, 0.15) is 81.1 Å². The van der Waals surface area contributed by atoms with Crippen LogP contribution in [0.4, 0.5) is 0 Å². The van der Waals surface area contributed by atoms with E-state index in [9.17, 15) is 5.21 Å². The van der Waals surface area contributed by atoms with Gasteiger partial charge in [-0.1, -0.05) is 34.1 Å². The molecular weight excluding hydrogens is 210 g/mol. The molecule has 0 unspecified atom stereocenters. The topological polar surface area (TPSA) is 23.5 Å². The molecular formula is C15H33NO. The molecule has 0 saturated carbocycles. The van der Waals surface area contributed by atoms with E-state index in [1.165, 1.54) is 17.9 Å². The molecule has 2 heteroatoms. The lowest BCUT2D eigenvalue weighted by molar-refractivity contribution is -0.241. The second-order valence-electron chi connectivity index (χ2n) is 7.70. The molecule has 2 nitrogen and oxygen atoms in total. The van der Waals surface area contributed by atoms with Gasteiger partial charge >= 0.3 is 0 Å². The number of nitrogens with zero attached hydrogens (tertiary/aromatic N) is 1. The summed E-state index contributed by atoms with van der Waals surface area (Å²) in [7, 11) is 0. The number of rotatable bonds is 0. The molecule has 104 valence electrons. The molecule has 1 rings (SSSR count). The predicted octanol–water partition coefficient (Wildman–Crippen LogP) is 4.86. The lowest BCUT2D eigenvalue weighted by Crippen LogP contribution is -2.56. The van der Waals surface area contributed by atoms with Gasteiger partial charge in [0.1, 0.15) is 0 Å². The summed E-state index contributed by atoms with van der Waals surface area (Å²) in [4.78, 5) is 0. The average Bonchev–Trinajstić information content (AvgIpc) is 2.14. The minimum absolute atomic E-state index is 0.0399. The Morgan fingerprint density at radius 3 is 1.47 bits per heavy atom.